The number of carbonyl (C=O) groups excluding carboxylic acids is 1. The van der Waals surface area contributed by atoms with Crippen LogP contribution < -0.4 is 5.32 Å². The van der Waals surface area contributed by atoms with E-state index in [9.17, 15) is 4.79 Å². The summed E-state index contributed by atoms with van der Waals surface area (Å²) in [6.07, 6.45) is 3.77. The number of amides is 1. The van der Waals surface area contributed by atoms with E-state index in [2.05, 4.69) is 15.3 Å². The molecular formula is C17H15N3OS. The number of aryl methyl sites for hydroxylation is 1. The van der Waals surface area contributed by atoms with Crippen molar-refractivity contribution in [1.29, 1.82) is 0 Å². The fourth-order valence-electron chi connectivity index (χ4n) is 2.02. The van der Waals surface area contributed by atoms with Gasteiger partial charge in [0.1, 0.15) is 5.01 Å². The van der Waals surface area contributed by atoms with Gasteiger partial charge in [-0.2, -0.15) is 0 Å². The summed E-state index contributed by atoms with van der Waals surface area (Å²) in [6, 6.07) is 11.6. The number of anilines is 1. The average molecular weight is 309 g/mol. The van der Waals surface area contributed by atoms with Crippen LogP contribution in [0.5, 0.6) is 0 Å². The summed E-state index contributed by atoms with van der Waals surface area (Å²) in [5.74, 6) is -0.0631. The molecule has 0 saturated heterocycles. The molecule has 4 nitrogen and oxygen atoms in total. The van der Waals surface area contributed by atoms with Crippen LogP contribution in [-0.4, -0.2) is 15.9 Å². The van der Waals surface area contributed by atoms with E-state index in [1.807, 2.05) is 48.7 Å². The Morgan fingerprint density at radius 2 is 2.05 bits per heavy atom. The molecule has 0 spiro atoms. The second-order valence-electron chi connectivity index (χ2n) is 4.98. The van der Waals surface area contributed by atoms with Gasteiger partial charge in [0.15, 0.2) is 0 Å². The zero-order valence-corrected chi connectivity index (χ0v) is 12.9. The molecule has 22 heavy (non-hydrogen) atoms. The van der Waals surface area contributed by atoms with Gasteiger partial charge < -0.3 is 5.32 Å². The quantitative estimate of drug-likeness (QED) is 0.799. The maximum atomic E-state index is 12.1. The molecule has 1 aromatic carbocycles. The van der Waals surface area contributed by atoms with Crippen molar-refractivity contribution >= 4 is 22.9 Å². The van der Waals surface area contributed by atoms with Crippen LogP contribution in [0.3, 0.4) is 0 Å². The van der Waals surface area contributed by atoms with E-state index in [4.69, 9.17) is 0 Å². The highest BCUT2D eigenvalue weighted by molar-refractivity contribution is 7.13. The lowest BCUT2D eigenvalue weighted by Gasteiger charge is -2.04. The van der Waals surface area contributed by atoms with Crippen LogP contribution in [0.1, 0.15) is 11.3 Å². The van der Waals surface area contributed by atoms with Gasteiger partial charge in [0.2, 0.25) is 5.91 Å². The average Bonchev–Trinajstić information content (AvgIpc) is 2.99. The summed E-state index contributed by atoms with van der Waals surface area (Å²) in [5, 5.41) is 5.67. The lowest BCUT2D eigenvalue weighted by molar-refractivity contribution is -0.115. The molecule has 0 atom stereocenters. The monoisotopic (exact) mass is 309 g/mol. The van der Waals surface area contributed by atoms with Gasteiger partial charge in [0, 0.05) is 29.0 Å². The highest BCUT2D eigenvalue weighted by Crippen LogP contribution is 2.23. The van der Waals surface area contributed by atoms with E-state index < -0.39 is 0 Å². The number of aromatic nitrogens is 2. The summed E-state index contributed by atoms with van der Waals surface area (Å²) >= 11 is 1.52. The van der Waals surface area contributed by atoms with Crippen LogP contribution in [0.25, 0.3) is 10.6 Å². The Hall–Kier alpha value is -2.53. The number of pyridine rings is 1. The van der Waals surface area contributed by atoms with Crippen molar-refractivity contribution in [3.63, 3.8) is 0 Å². The number of thiazole rings is 1. The Bertz CT molecular complexity index is 766. The maximum absolute atomic E-state index is 12.1. The second kappa shape index (κ2) is 6.49. The highest BCUT2D eigenvalue weighted by atomic mass is 32.1. The van der Waals surface area contributed by atoms with Crippen molar-refractivity contribution in [1.82, 2.24) is 9.97 Å². The molecule has 0 aliphatic heterocycles. The molecule has 0 bridgehead atoms. The molecule has 2 aromatic heterocycles. The molecule has 3 rings (SSSR count). The highest BCUT2D eigenvalue weighted by Gasteiger charge is 2.09. The number of nitrogens with one attached hydrogen (secondary N) is 1. The van der Waals surface area contributed by atoms with Crippen LogP contribution in [0.15, 0.2) is 54.2 Å². The van der Waals surface area contributed by atoms with Crippen LogP contribution in [-0.2, 0) is 11.2 Å². The zero-order valence-electron chi connectivity index (χ0n) is 12.1. The van der Waals surface area contributed by atoms with Gasteiger partial charge in [-0.25, -0.2) is 4.98 Å². The minimum absolute atomic E-state index is 0.0631. The summed E-state index contributed by atoms with van der Waals surface area (Å²) in [4.78, 5) is 20.6. The lowest BCUT2D eigenvalue weighted by atomic mass is 10.2. The topological polar surface area (TPSA) is 54.9 Å². The van der Waals surface area contributed by atoms with E-state index in [1.165, 1.54) is 16.9 Å². The summed E-state index contributed by atoms with van der Waals surface area (Å²) in [6.45, 7) is 2.01. The molecule has 1 N–H and O–H groups in total. The van der Waals surface area contributed by atoms with E-state index in [0.29, 0.717) is 0 Å². The van der Waals surface area contributed by atoms with Crippen molar-refractivity contribution < 1.29 is 4.79 Å². The molecule has 0 aliphatic rings. The normalized spacial score (nSPS) is 10.4. The predicted molar refractivity (Wildman–Crippen MR) is 88.9 cm³/mol. The number of rotatable bonds is 4. The van der Waals surface area contributed by atoms with Crippen molar-refractivity contribution in [2.24, 2.45) is 0 Å². The second-order valence-corrected chi connectivity index (χ2v) is 5.83. The SMILES string of the molecule is Cc1ccc(NC(=O)Cc2csc(-c3cccnc3)n2)cc1. The van der Waals surface area contributed by atoms with Crippen molar-refractivity contribution in [2.75, 3.05) is 5.32 Å². The molecular weight excluding hydrogens is 294 g/mol. The Labute approximate surface area is 132 Å². The van der Waals surface area contributed by atoms with Gasteiger partial charge in [-0.05, 0) is 31.2 Å². The van der Waals surface area contributed by atoms with E-state index >= 15 is 0 Å². The standard InChI is InChI=1S/C17H15N3OS/c1-12-4-6-14(7-5-12)19-16(21)9-15-11-22-17(20-15)13-3-2-8-18-10-13/h2-8,10-11H,9H2,1H3,(H,19,21). The Morgan fingerprint density at radius 3 is 2.77 bits per heavy atom. The van der Waals surface area contributed by atoms with Gasteiger partial charge in [-0.15, -0.1) is 11.3 Å². The zero-order chi connectivity index (χ0) is 15.4. The Balaban J connectivity index is 1.65. The summed E-state index contributed by atoms with van der Waals surface area (Å²) < 4.78 is 0. The van der Waals surface area contributed by atoms with Gasteiger partial charge in [0.05, 0.1) is 12.1 Å². The molecule has 0 unspecified atom stereocenters. The third-order valence-corrected chi connectivity index (χ3v) is 4.08. The molecule has 3 aromatic rings. The minimum atomic E-state index is -0.0631. The van der Waals surface area contributed by atoms with Gasteiger partial charge >= 0.3 is 0 Å². The largest absolute Gasteiger partial charge is 0.326 e. The first-order valence-electron chi connectivity index (χ1n) is 6.92. The lowest BCUT2D eigenvalue weighted by Crippen LogP contribution is -2.14. The smallest absolute Gasteiger partial charge is 0.230 e. The van der Waals surface area contributed by atoms with Crippen LogP contribution in [0.4, 0.5) is 5.69 Å². The predicted octanol–water partition coefficient (Wildman–Crippen LogP) is 3.69. The molecule has 0 fully saturated rings. The summed E-state index contributed by atoms with van der Waals surface area (Å²) in [5.41, 5.74) is 3.71. The first-order chi connectivity index (χ1) is 10.7. The van der Waals surface area contributed by atoms with Gasteiger partial charge in [-0.1, -0.05) is 17.7 Å². The molecule has 110 valence electrons. The van der Waals surface area contributed by atoms with Crippen molar-refractivity contribution in [2.45, 2.75) is 13.3 Å². The first kappa shape index (κ1) is 14.4. The minimum Gasteiger partial charge on any atom is -0.326 e. The van der Waals surface area contributed by atoms with E-state index in [-0.39, 0.29) is 12.3 Å². The number of carbonyl (C=O) groups is 1. The van der Waals surface area contributed by atoms with Gasteiger partial charge in [-0.3, -0.25) is 9.78 Å². The molecule has 2 heterocycles. The molecule has 1 amide bonds. The first-order valence-corrected chi connectivity index (χ1v) is 7.80. The molecule has 5 heteroatoms. The van der Waals surface area contributed by atoms with Crippen LogP contribution in [0.2, 0.25) is 0 Å². The van der Waals surface area contributed by atoms with Crippen LogP contribution in [0, 0.1) is 6.92 Å². The maximum Gasteiger partial charge on any atom is 0.230 e. The Morgan fingerprint density at radius 1 is 1.23 bits per heavy atom. The third kappa shape index (κ3) is 3.56. The number of benzene rings is 1. The molecule has 0 radical (unpaired) electrons. The van der Waals surface area contributed by atoms with E-state index in [1.54, 1.807) is 12.4 Å². The van der Waals surface area contributed by atoms with Crippen LogP contribution >= 0.6 is 11.3 Å². The fraction of sp³-hybridized carbons (Fsp3) is 0.118. The molecule has 0 aliphatic carbocycles. The van der Waals surface area contributed by atoms with Crippen molar-refractivity contribution in [3.05, 3.63) is 65.4 Å². The summed E-state index contributed by atoms with van der Waals surface area (Å²) in [7, 11) is 0. The third-order valence-electron chi connectivity index (χ3n) is 3.14. The number of nitrogens with zero attached hydrogens (tertiary/aromatic N) is 2. The Kier molecular flexibility index (Phi) is 4.25. The number of hydrogen-bond acceptors (Lipinski definition) is 4. The molecule has 0 saturated carbocycles. The van der Waals surface area contributed by atoms with Gasteiger partial charge in [0.25, 0.3) is 0 Å². The fourth-order valence-corrected chi connectivity index (χ4v) is 2.83. The van der Waals surface area contributed by atoms with Crippen molar-refractivity contribution in [3.8, 4) is 10.6 Å². The number of hydrogen-bond donors (Lipinski definition) is 1. The van der Waals surface area contributed by atoms with E-state index in [0.717, 1.165) is 22.0 Å².